The van der Waals surface area contributed by atoms with Crippen molar-refractivity contribution in [2.45, 2.75) is 64.5 Å². The van der Waals surface area contributed by atoms with E-state index in [9.17, 15) is 8.78 Å². The average molecular weight is 266 g/mol. The van der Waals surface area contributed by atoms with Crippen molar-refractivity contribution in [2.24, 2.45) is 0 Å². The van der Waals surface area contributed by atoms with Crippen LogP contribution in [0.1, 0.15) is 52.4 Å². The molecule has 0 fully saturated rings. The normalized spacial score (nSPS) is 14.1. The Bertz CT molecular complexity index is 315. The smallest absolute Gasteiger partial charge is 0.256 e. The van der Waals surface area contributed by atoms with Crippen LogP contribution in [0, 0.1) is 0 Å². The lowest BCUT2D eigenvalue weighted by Gasteiger charge is -2.22. The lowest BCUT2D eigenvalue weighted by Crippen LogP contribution is -2.48. The van der Waals surface area contributed by atoms with Crippen molar-refractivity contribution in [1.82, 2.24) is 0 Å². The molecule has 0 amide bonds. The molecule has 106 valence electrons. The first kappa shape index (κ1) is 16.2. The van der Waals surface area contributed by atoms with E-state index < -0.39 is 18.9 Å². The van der Waals surface area contributed by atoms with E-state index >= 15 is 0 Å². The van der Waals surface area contributed by atoms with Gasteiger partial charge >= 0.3 is 0 Å². The van der Waals surface area contributed by atoms with Gasteiger partial charge in [-0.2, -0.15) is 0 Å². The molecule has 2 atom stereocenters. The van der Waals surface area contributed by atoms with Gasteiger partial charge in [-0.1, -0.05) is 75.3 Å². The molecule has 1 aromatic carbocycles. The zero-order valence-corrected chi connectivity index (χ0v) is 12.1. The topological polar surface area (TPSA) is 0 Å². The second-order valence-corrected chi connectivity index (χ2v) is 5.25. The molecule has 0 aliphatic heterocycles. The van der Waals surface area contributed by atoms with Gasteiger partial charge in [-0.05, 0) is 12.8 Å². The van der Waals surface area contributed by atoms with Crippen molar-refractivity contribution in [2.75, 3.05) is 0 Å². The first-order valence-electron chi connectivity index (χ1n) is 7.53. The lowest BCUT2D eigenvalue weighted by molar-refractivity contribution is 0.353. The maximum atomic E-state index is 14.4. The molecule has 0 saturated heterocycles. The standard InChI is InChI=1S/C16H25BF2/c1-3-5-12-15(18)17(16(19)13-6-4-2)14-10-8-7-9-11-14/h7-11,15-16H,3-6,12-13H2,1-2H3. The fourth-order valence-electron chi connectivity index (χ4n) is 2.48. The van der Waals surface area contributed by atoms with Crippen LogP contribution in [0.25, 0.3) is 0 Å². The third-order valence-electron chi connectivity index (χ3n) is 3.63. The molecule has 0 aliphatic rings. The van der Waals surface area contributed by atoms with Crippen LogP contribution in [-0.2, 0) is 0 Å². The summed E-state index contributed by atoms with van der Waals surface area (Å²) in [5.41, 5.74) is 0.801. The molecule has 2 unspecified atom stereocenters. The number of halogens is 2. The van der Waals surface area contributed by atoms with Gasteiger partial charge in [-0.15, -0.1) is 0 Å². The van der Waals surface area contributed by atoms with Crippen molar-refractivity contribution in [3.63, 3.8) is 0 Å². The van der Waals surface area contributed by atoms with Crippen molar-refractivity contribution in [3.8, 4) is 0 Å². The van der Waals surface area contributed by atoms with E-state index in [0.717, 1.165) is 31.1 Å². The first-order valence-corrected chi connectivity index (χ1v) is 7.53. The SMILES string of the molecule is CCCCC(F)B(c1ccccc1)C(F)CCCC. The Morgan fingerprint density at radius 3 is 1.79 bits per heavy atom. The monoisotopic (exact) mass is 266 g/mol. The highest BCUT2D eigenvalue weighted by molar-refractivity contribution is 6.75. The van der Waals surface area contributed by atoms with Crippen LogP contribution in [0.2, 0.25) is 0 Å². The number of benzene rings is 1. The molecule has 0 aromatic heterocycles. The van der Waals surface area contributed by atoms with Crippen LogP contribution >= 0.6 is 0 Å². The molecule has 1 aromatic rings. The number of rotatable bonds is 9. The number of hydrogen-bond acceptors (Lipinski definition) is 0. The van der Waals surface area contributed by atoms with Gasteiger partial charge in [0.1, 0.15) is 0 Å². The predicted molar refractivity (Wildman–Crippen MR) is 80.7 cm³/mol. The van der Waals surface area contributed by atoms with Crippen molar-refractivity contribution >= 4 is 12.2 Å². The van der Waals surface area contributed by atoms with Gasteiger partial charge in [0.15, 0.2) is 0 Å². The Kier molecular flexibility index (Phi) is 7.77. The van der Waals surface area contributed by atoms with Crippen LogP contribution < -0.4 is 5.46 Å². The lowest BCUT2D eigenvalue weighted by atomic mass is 9.37. The Morgan fingerprint density at radius 2 is 1.37 bits per heavy atom. The molecule has 19 heavy (non-hydrogen) atoms. The van der Waals surface area contributed by atoms with Crippen molar-refractivity contribution in [1.29, 1.82) is 0 Å². The summed E-state index contributed by atoms with van der Waals surface area (Å²) in [7, 11) is 0. The second kappa shape index (κ2) is 9.11. The minimum absolute atomic E-state index is 0.461. The van der Waals surface area contributed by atoms with Gasteiger partial charge in [0.25, 0.3) is 6.71 Å². The summed E-state index contributed by atoms with van der Waals surface area (Å²) in [4.78, 5) is 0. The van der Waals surface area contributed by atoms with E-state index in [4.69, 9.17) is 0 Å². The number of unbranched alkanes of at least 4 members (excludes halogenated alkanes) is 2. The molecular formula is C16H25BF2. The highest BCUT2D eigenvalue weighted by Crippen LogP contribution is 2.17. The molecule has 0 N–H and O–H groups in total. The Hall–Kier alpha value is -0.855. The molecule has 0 aliphatic carbocycles. The second-order valence-electron chi connectivity index (χ2n) is 5.25. The van der Waals surface area contributed by atoms with E-state index in [1.165, 1.54) is 0 Å². The highest BCUT2D eigenvalue weighted by Gasteiger charge is 2.34. The predicted octanol–water partition coefficient (Wildman–Crippen LogP) is 4.52. The molecule has 1 rings (SSSR count). The largest absolute Gasteiger partial charge is 0.256 e. The fourth-order valence-corrected chi connectivity index (χ4v) is 2.48. The molecule has 0 spiro atoms. The third kappa shape index (κ3) is 5.34. The van der Waals surface area contributed by atoms with E-state index in [0.29, 0.717) is 12.8 Å². The average Bonchev–Trinajstić information content (AvgIpc) is 2.44. The van der Waals surface area contributed by atoms with Crippen LogP contribution in [0.5, 0.6) is 0 Å². The molecular weight excluding hydrogens is 241 g/mol. The van der Waals surface area contributed by atoms with Crippen LogP contribution in [0.3, 0.4) is 0 Å². The van der Waals surface area contributed by atoms with Gasteiger partial charge in [0.05, 0.1) is 12.1 Å². The van der Waals surface area contributed by atoms with E-state index in [1.807, 2.05) is 44.2 Å². The molecule has 0 radical (unpaired) electrons. The van der Waals surface area contributed by atoms with Gasteiger partial charge < -0.3 is 0 Å². The summed E-state index contributed by atoms with van der Waals surface area (Å²) in [5, 5.41) is 0. The van der Waals surface area contributed by atoms with E-state index in [1.54, 1.807) is 0 Å². The van der Waals surface area contributed by atoms with Gasteiger partial charge in [0.2, 0.25) is 0 Å². The minimum atomic E-state index is -1.07. The summed E-state index contributed by atoms with van der Waals surface area (Å²) >= 11 is 0. The number of hydrogen-bond donors (Lipinski definition) is 0. The van der Waals surface area contributed by atoms with E-state index in [-0.39, 0.29) is 0 Å². The van der Waals surface area contributed by atoms with Crippen LogP contribution in [-0.4, -0.2) is 18.9 Å². The van der Waals surface area contributed by atoms with Crippen molar-refractivity contribution < 1.29 is 8.78 Å². The summed E-state index contributed by atoms with van der Waals surface area (Å²) in [6.45, 7) is 3.47. The third-order valence-corrected chi connectivity index (χ3v) is 3.63. The summed E-state index contributed by atoms with van der Waals surface area (Å²) in [5.74, 6) is 0. The molecule has 0 nitrogen and oxygen atoms in total. The summed E-state index contributed by atoms with van der Waals surface area (Å²) < 4.78 is 28.8. The van der Waals surface area contributed by atoms with Crippen molar-refractivity contribution in [3.05, 3.63) is 30.3 Å². The highest BCUT2D eigenvalue weighted by atomic mass is 19.1. The Balaban J connectivity index is 2.78. The maximum absolute atomic E-state index is 14.4. The summed E-state index contributed by atoms with van der Waals surface area (Å²) in [6, 6.07) is 9.31. The molecule has 0 saturated carbocycles. The zero-order valence-electron chi connectivity index (χ0n) is 12.1. The molecule has 0 bridgehead atoms. The summed E-state index contributed by atoms with van der Waals surface area (Å²) in [6.07, 6.45) is 2.33. The Labute approximate surface area is 116 Å². The van der Waals surface area contributed by atoms with Gasteiger partial charge in [-0.3, -0.25) is 8.78 Å². The fraction of sp³-hybridized carbons (Fsp3) is 0.625. The quantitative estimate of drug-likeness (QED) is 0.576. The zero-order chi connectivity index (χ0) is 14.1. The minimum Gasteiger partial charge on any atom is -0.256 e. The number of alkyl halides is 2. The maximum Gasteiger partial charge on any atom is 0.256 e. The van der Waals surface area contributed by atoms with E-state index in [2.05, 4.69) is 0 Å². The van der Waals surface area contributed by atoms with Crippen LogP contribution in [0.15, 0.2) is 30.3 Å². The first-order chi connectivity index (χ1) is 9.20. The molecule has 3 heteroatoms. The van der Waals surface area contributed by atoms with Gasteiger partial charge in [0, 0.05) is 0 Å². The molecule has 0 heterocycles. The Morgan fingerprint density at radius 1 is 0.895 bits per heavy atom. The van der Waals surface area contributed by atoms with Gasteiger partial charge in [-0.25, -0.2) is 0 Å². The van der Waals surface area contributed by atoms with Crippen LogP contribution in [0.4, 0.5) is 8.78 Å².